The van der Waals surface area contributed by atoms with Gasteiger partial charge in [-0.3, -0.25) is 4.79 Å². The molecule has 9 heteroatoms. The summed E-state index contributed by atoms with van der Waals surface area (Å²) in [5, 5.41) is 2.34. The molecule has 0 saturated carbocycles. The number of hydrogen-bond donors (Lipinski definition) is 1. The summed E-state index contributed by atoms with van der Waals surface area (Å²) in [6.45, 7) is 2.69. The summed E-state index contributed by atoms with van der Waals surface area (Å²) in [5.41, 5.74) is 0. The second kappa shape index (κ2) is 8.60. The zero-order valence-electron chi connectivity index (χ0n) is 14.8. The summed E-state index contributed by atoms with van der Waals surface area (Å²) in [5.74, 6) is 0.475. The molecule has 0 spiro atoms. The first-order chi connectivity index (χ1) is 12.8. The van der Waals surface area contributed by atoms with E-state index in [1.54, 1.807) is 53.6 Å². The minimum atomic E-state index is -3.49. The molecule has 1 saturated heterocycles. The predicted molar refractivity (Wildman–Crippen MR) is 106 cm³/mol. The number of piperidine rings is 1. The number of carbonyl (C=O) groups excluding carboxylic acids is 1. The maximum absolute atomic E-state index is 12.6. The van der Waals surface area contributed by atoms with Gasteiger partial charge < -0.3 is 9.64 Å². The lowest BCUT2D eigenvalue weighted by atomic mass is 10.1. The van der Waals surface area contributed by atoms with Crippen LogP contribution in [0.25, 0.3) is 0 Å². The highest BCUT2D eigenvalue weighted by Crippen LogP contribution is 2.20. The van der Waals surface area contributed by atoms with Crippen molar-refractivity contribution in [1.82, 2.24) is 9.62 Å². The molecule has 1 N–H and O–H groups in total. The number of sulfonamides is 1. The van der Waals surface area contributed by atoms with Crippen molar-refractivity contribution in [3.8, 4) is 5.75 Å². The third-order valence-corrected chi connectivity index (χ3v) is 7.53. The van der Waals surface area contributed by atoms with Crippen molar-refractivity contribution >= 4 is 38.9 Å². The van der Waals surface area contributed by atoms with E-state index in [0.29, 0.717) is 40.9 Å². The van der Waals surface area contributed by atoms with E-state index in [2.05, 4.69) is 4.72 Å². The van der Waals surface area contributed by atoms with Crippen LogP contribution < -0.4 is 9.46 Å². The van der Waals surface area contributed by atoms with Gasteiger partial charge in [0.2, 0.25) is 10.0 Å². The summed E-state index contributed by atoms with van der Waals surface area (Å²) >= 11 is 7.04. The Morgan fingerprint density at radius 2 is 1.93 bits per heavy atom. The van der Waals surface area contributed by atoms with Gasteiger partial charge >= 0.3 is 0 Å². The highest BCUT2D eigenvalue weighted by Gasteiger charge is 2.29. The minimum absolute atomic E-state index is 0.107. The third-order valence-electron chi connectivity index (χ3n) is 4.36. The lowest BCUT2D eigenvalue weighted by Gasteiger charge is -2.33. The lowest BCUT2D eigenvalue weighted by molar-refractivity contribution is -0.139. The molecular formula is C18H21ClN2O4S2. The number of amides is 1. The monoisotopic (exact) mass is 428 g/mol. The van der Waals surface area contributed by atoms with Gasteiger partial charge in [-0.15, -0.1) is 11.3 Å². The van der Waals surface area contributed by atoms with Crippen molar-refractivity contribution in [2.24, 2.45) is 0 Å². The lowest BCUT2D eigenvalue weighted by Crippen LogP contribution is -2.49. The van der Waals surface area contributed by atoms with E-state index in [1.165, 1.54) is 11.3 Å². The van der Waals surface area contributed by atoms with Crippen LogP contribution >= 0.6 is 22.9 Å². The van der Waals surface area contributed by atoms with Crippen molar-refractivity contribution in [3.63, 3.8) is 0 Å². The number of nitrogens with one attached hydrogen (secondary N) is 1. The van der Waals surface area contributed by atoms with Crippen LogP contribution in [0.5, 0.6) is 5.75 Å². The molecule has 146 valence electrons. The number of thiophene rings is 1. The number of halogens is 1. The van der Waals surface area contributed by atoms with E-state index in [0.717, 1.165) is 0 Å². The van der Waals surface area contributed by atoms with E-state index in [4.69, 9.17) is 16.3 Å². The molecule has 2 aromatic rings. The average molecular weight is 429 g/mol. The molecule has 0 radical (unpaired) electrons. The largest absolute Gasteiger partial charge is 0.481 e. The number of likely N-dealkylation sites (tertiary alicyclic amines) is 1. The Bertz CT molecular complexity index is 861. The maximum Gasteiger partial charge on any atom is 0.263 e. The normalized spacial score (nSPS) is 16.9. The Morgan fingerprint density at radius 1 is 1.26 bits per heavy atom. The summed E-state index contributed by atoms with van der Waals surface area (Å²) in [6, 6.07) is 9.98. The fourth-order valence-corrected chi connectivity index (χ4v) is 5.38. The van der Waals surface area contributed by atoms with Crippen LogP contribution in [0.2, 0.25) is 5.02 Å². The first-order valence-electron chi connectivity index (χ1n) is 8.62. The Morgan fingerprint density at radius 3 is 2.52 bits per heavy atom. The first kappa shape index (κ1) is 20.1. The number of nitrogens with zero attached hydrogens (tertiary/aromatic N) is 1. The van der Waals surface area contributed by atoms with Gasteiger partial charge in [0, 0.05) is 24.2 Å². The van der Waals surface area contributed by atoms with Gasteiger partial charge in [-0.1, -0.05) is 17.7 Å². The number of ether oxygens (including phenoxy) is 1. The number of benzene rings is 1. The highest BCUT2D eigenvalue weighted by molar-refractivity contribution is 7.91. The fraction of sp³-hybridized carbons (Fsp3) is 0.389. The topological polar surface area (TPSA) is 75.7 Å². The minimum Gasteiger partial charge on any atom is -0.481 e. The van der Waals surface area contributed by atoms with Gasteiger partial charge in [0.15, 0.2) is 6.10 Å². The Labute approximate surface area is 168 Å². The van der Waals surface area contributed by atoms with Crippen molar-refractivity contribution in [2.75, 3.05) is 13.1 Å². The molecule has 1 aliphatic heterocycles. The zero-order valence-corrected chi connectivity index (χ0v) is 17.2. The molecule has 1 amide bonds. The number of carbonyl (C=O) groups is 1. The summed E-state index contributed by atoms with van der Waals surface area (Å²) < 4.78 is 33.3. The fourth-order valence-electron chi connectivity index (χ4n) is 2.94. The van der Waals surface area contributed by atoms with Crippen LogP contribution in [-0.4, -0.2) is 44.5 Å². The van der Waals surface area contributed by atoms with Gasteiger partial charge in [0.1, 0.15) is 9.96 Å². The van der Waals surface area contributed by atoms with Gasteiger partial charge in [0.05, 0.1) is 0 Å². The molecule has 0 aliphatic carbocycles. The SMILES string of the molecule is C[C@@H](Oc1ccc(Cl)cc1)C(=O)N1CCC(NS(=O)(=O)c2cccs2)CC1. The van der Waals surface area contributed by atoms with Crippen LogP contribution in [0.4, 0.5) is 0 Å². The Hall–Kier alpha value is -1.61. The average Bonchev–Trinajstić information content (AvgIpc) is 3.19. The Kier molecular flexibility index (Phi) is 6.41. The van der Waals surface area contributed by atoms with Crippen LogP contribution in [-0.2, 0) is 14.8 Å². The van der Waals surface area contributed by atoms with E-state index >= 15 is 0 Å². The van der Waals surface area contributed by atoms with E-state index in [-0.39, 0.29) is 11.9 Å². The van der Waals surface area contributed by atoms with E-state index < -0.39 is 16.1 Å². The summed E-state index contributed by atoms with van der Waals surface area (Å²) in [7, 11) is -3.49. The van der Waals surface area contributed by atoms with Gasteiger partial charge in [-0.25, -0.2) is 13.1 Å². The van der Waals surface area contributed by atoms with E-state index in [1.807, 2.05) is 0 Å². The second-order valence-electron chi connectivity index (χ2n) is 6.37. The molecule has 2 heterocycles. The van der Waals surface area contributed by atoms with Crippen molar-refractivity contribution < 1.29 is 17.9 Å². The third kappa shape index (κ3) is 5.22. The van der Waals surface area contributed by atoms with Crippen LogP contribution in [0.1, 0.15) is 19.8 Å². The van der Waals surface area contributed by atoms with Crippen LogP contribution in [0.3, 0.4) is 0 Å². The van der Waals surface area contributed by atoms with Crippen LogP contribution in [0.15, 0.2) is 46.0 Å². The molecule has 3 rings (SSSR count). The maximum atomic E-state index is 12.6. The van der Waals surface area contributed by atoms with Crippen molar-refractivity contribution in [3.05, 3.63) is 46.8 Å². The molecular weight excluding hydrogens is 408 g/mol. The van der Waals surface area contributed by atoms with Crippen molar-refractivity contribution in [1.29, 1.82) is 0 Å². The molecule has 0 unspecified atom stereocenters. The quantitative estimate of drug-likeness (QED) is 0.766. The molecule has 0 bridgehead atoms. The van der Waals surface area contributed by atoms with Gasteiger partial charge in [-0.2, -0.15) is 0 Å². The number of hydrogen-bond acceptors (Lipinski definition) is 5. The number of rotatable bonds is 6. The van der Waals surface area contributed by atoms with E-state index in [9.17, 15) is 13.2 Å². The van der Waals surface area contributed by atoms with Crippen molar-refractivity contribution in [2.45, 2.75) is 36.1 Å². The van der Waals surface area contributed by atoms with Gasteiger partial charge in [0.25, 0.3) is 5.91 Å². The van der Waals surface area contributed by atoms with Crippen LogP contribution in [0, 0.1) is 0 Å². The molecule has 1 aromatic carbocycles. The zero-order chi connectivity index (χ0) is 19.4. The predicted octanol–water partition coefficient (Wildman–Crippen LogP) is 3.14. The summed E-state index contributed by atoms with van der Waals surface area (Å²) in [6.07, 6.45) is 0.527. The highest BCUT2D eigenvalue weighted by atomic mass is 35.5. The molecule has 6 nitrogen and oxygen atoms in total. The second-order valence-corrected chi connectivity index (χ2v) is 9.69. The Balaban J connectivity index is 1.51. The first-order valence-corrected chi connectivity index (χ1v) is 11.4. The molecule has 1 aliphatic rings. The molecule has 27 heavy (non-hydrogen) atoms. The van der Waals surface area contributed by atoms with Gasteiger partial charge in [-0.05, 0) is 55.5 Å². The summed E-state index contributed by atoms with van der Waals surface area (Å²) in [4.78, 5) is 14.3. The molecule has 1 atom stereocenters. The smallest absolute Gasteiger partial charge is 0.263 e. The molecule has 1 aromatic heterocycles. The standard InChI is InChI=1S/C18H21ClN2O4S2/c1-13(25-16-6-4-14(19)5-7-16)18(22)21-10-8-15(9-11-21)20-27(23,24)17-3-2-12-26-17/h2-7,12-13,15,20H,8-11H2,1H3/t13-/m1/s1. The molecule has 1 fully saturated rings.